The number of rotatable bonds is 5. The van der Waals surface area contributed by atoms with Crippen molar-refractivity contribution >= 4 is 11.4 Å². The fourth-order valence-corrected chi connectivity index (χ4v) is 3.41. The second-order valence-electron chi connectivity index (χ2n) is 6.97. The predicted molar refractivity (Wildman–Crippen MR) is 88.7 cm³/mol. The summed E-state index contributed by atoms with van der Waals surface area (Å²) in [5.41, 5.74) is 0.853. The van der Waals surface area contributed by atoms with E-state index in [2.05, 4.69) is 24.0 Å². The van der Waals surface area contributed by atoms with Gasteiger partial charge in [0.05, 0.1) is 12.3 Å². The summed E-state index contributed by atoms with van der Waals surface area (Å²) in [5, 5.41) is 8.44. The van der Waals surface area contributed by atoms with E-state index in [-0.39, 0.29) is 6.10 Å². The van der Waals surface area contributed by atoms with Gasteiger partial charge in [-0.05, 0) is 50.7 Å². The van der Waals surface area contributed by atoms with Crippen LogP contribution in [-0.4, -0.2) is 26.5 Å². The number of hydrogen-bond donors (Lipinski definition) is 0. The largest absolute Gasteiger partial charge is 0.489 e. The third kappa shape index (κ3) is 3.71. The predicted octanol–water partition coefficient (Wildman–Crippen LogP) is 3.77. The Morgan fingerprint density at radius 2 is 2.00 bits per heavy atom. The normalized spacial score (nSPS) is 21.7. The first kappa shape index (κ1) is 16.0. The van der Waals surface area contributed by atoms with Crippen LogP contribution in [-0.2, 0) is 4.79 Å². The summed E-state index contributed by atoms with van der Waals surface area (Å²) in [6.07, 6.45) is 7.16. The van der Waals surface area contributed by atoms with Gasteiger partial charge >= 0.3 is 0 Å². The van der Waals surface area contributed by atoms with E-state index in [1.807, 2.05) is 22.7 Å². The first-order valence-electron chi connectivity index (χ1n) is 8.53. The molecule has 0 amide bonds. The molecule has 0 atom stereocenters. The minimum atomic E-state index is 0.245. The van der Waals surface area contributed by atoms with Gasteiger partial charge in [0.25, 0.3) is 0 Å². The average molecular weight is 315 g/mol. The molecule has 0 unspecified atom stereocenters. The highest BCUT2D eigenvalue weighted by molar-refractivity contribution is 5.75. The summed E-state index contributed by atoms with van der Waals surface area (Å²) >= 11 is 0. The number of Topliss-reactive ketones (excluding diaryl/α,β-unsaturated/α-hetero) is 1. The molecule has 0 radical (unpaired) electrons. The maximum Gasteiger partial charge on any atom is 0.161 e. The number of nitrogens with zero attached hydrogens (tertiary/aromatic N) is 3. The molecule has 5 nitrogen and oxygen atoms in total. The van der Waals surface area contributed by atoms with Crippen LogP contribution in [0, 0.1) is 5.92 Å². The van der Waals surface area contributed by atoms with Crippen molar-refractivity contribution in [3.05, 3.63) is 24.2 Å². The lowest BCUT2D eigenvalue weighted by molar-refractivity contribution is -0.118. The van der Waals surface area contributed by atoms with Crippen molar-refractivity contribution in [3.8, 4) is 5.75 Å². The summed E-state index contributed by atoms with van der Waals surface area (Å²) in [4.78, 5) is 11.2. The first-order valence-corrected chi connectivity index (χ1v) is 8.53. The summed E-state index contributed by atoms with van der Waals surface area (Å²) in [6.45, 7) is 5.91. The van der Waals surface area contributed by atoms with Gasteiger partial charge in [-0.15, -0.1) is 10.2 Å². The molecule has 2 heterocycles. The molecule has 0 aromatic carbocycles. The van der Waals surface area contributed by atoms with Crippen molar-refractivity contribution in [1.29, 1.82) is 0 Å². The smallest absolute Gasteiger partial charge is 0.161 e. The Kier molecular flexibility index (Phi) is 4.64. The maximum absolute atomic E-state index is 11.2. The van der Waals surface area contributed by atoms with Crippen LogP contribution in [0.25, 0.3) is 5.65 Å². The van der Waals surface area contributed by atoms with E-state index < -0.39 is 0 Å². The molecule has 1 aliphatic rings. The van der Waals surface area contributed by atoms with Gasteiger partial charge in [0, 0.05) is 12.3 Å². The number of fused-ring (bicyclic) bond motifs is 1. The van der Waals surface area contributed by atoms with Crippen molar-refractivity contribution in [1.82, 2.24) is 14.6 Å². The summed E-state index contributed by atoms with van der Waals surface area (Å²) in [6, 6.07) is 3.92. The molecule has 0 saturated heterocycles. The van der Waals surface area contributed by atoms with E-state index in [4.69, 9.17) is 4.74 Å². The topological polar surface area (TPSA) is 56.5 Å². The molecule has 23 heavy (non-hydrogen) atoms. The lowest BCUT2D eigenvalue weighted by atomic mass is 9.84. The van der Waals surface area contributed by atoms with Crippen LogP contribution in [0.5, 0.6) is 5.75 Å². The third-order valence-corrected chi connectivity index (χ3v) is 4.59. The quantitative estimate of drug-likeness (QED) is 0.843. The molecule has 1 saturated carbocycles. The molecule has 124 valence electrons. The van der Waals surface area contributed by atoms with Crippen LogP contribution in [0.3, 0.4) is 0 Å². The van der Waals surface area contributed by atoms with Crippen LogP contribution in [0.4, 0.5) is 0 Å². The van der Waals surface area contributed by atoms with E-state index in [1.165, 1.54) is 0 Å². The SMILES string of the molecule is CC(=O)CC1CCC(Oc2ccc3nnc(C(C)C)n3c2)CC1. The van der Waals surface area contributed by atoms with Crippen LogP contribution < -0.4 is 4.74 Å². The Morgan fingerprint density at radius 1 is 1.26 bits per heavy atom. The second-order valence-corrected chi connectivity index (χ2v) is 6.97. The number of hydrogen-bond acceptors (Lipinski definition) is 4. The Bertz CT molecular complexity index is 685. The zero-order valence-corrected chi connectivity index (χ0v) is 14.2. The van der Waals surface area contributed by atoms with E-state index in [0.29, 0.717) is 17.6 Å². The molecule has 0 bridgehead atoms. The van der Waals surface area contributed by atoms with Gasteiger partial charge in [0.1, 0.15) is 17.4 Å². The number of carbonyl (C=O) groups is 1. The standard InChI is InChI=1S/C18H25N3O2/c1-12(2)18-20-19-17-9-8-16(11-21(17)18)23-15-6-4-14(5-7-15)10-13(3)22/h8-9,11-12,14-15H,4-7,10H2,1-3H3. The van der Waals surface area contributed by atoms with Crippen molar-refractivity contribution < 1.29 is 9.53 Å². The van der Waals surface area contributed by atoms with Gasteiger partial charge < -0.3 is 9.53 Å². The summed E-state index contributed by atoms with van der Waals surface area (Å²) in [5.74, 6) is 2.99. The number of carbonyl (C=O) groups excluding carboxylic acids is 1. The fourth-order valence-electron chi connectivity index (χ4n) is 3.41. The highest BCUT2D eigenvalue weighted by atomic mass is 16.5. The zero-order valence-electron chi connectivity index (χ0n) is 14.2. The van der Waals surface area contributed by atoms with E-state index >= 15 is 0 Å². The molecule has 2 aromatic rings. The molecule has 1 aliphatic carbocycles. The average Bonchev–Trinajstić information content (AvgIpc) is 2.92. The van der Waals surface area contributed by atoms with Crippen LogP contribution in [0.1, 0.15) is 64.6 Å². The van der Waals surface area contributed by atoms with Gasteiger partial charge in [-0.1, -0.05) is 13.8 Å². The van der Waals surface area contributed by atoms with E-state index in [1.54, 1.807) is 6.92 Å². The molecule has 5 heteroatoms. The van der Waals surface area contributed by atoms with Crippen molar-refractivity contribution in [2.75, 3.05) is 0 Å². The zero-order chi connectivity index (χ0) is 16.4. The van der Waals surface area contributed by atoms with Gasteiger partial charge in [-0.3, -0.25) is 4.40 Å². The Balaban J connectivity index is 1.66. The van der Waals surface area contributed by atoms with Gasteiger partial charge in [0.15, 0.2) is 5.65 Å². The Morgan fingerprint density at radius 3 is 2.65 bits per heavy atom. The van der Waals surface area contributed by atoms with Gasteiger partial charge in [-0.25, -0.2) is 0 Å². The summed E-state index contributed by atoms with van der Waals surface area (Å²) < 4.78 is 8.17. The van der Waals surface area contributed by atoms with Crippen LogP contribution >= 0.6 is 0 Å². The second kappa shape index (κ2) is 6.69. The fraction of sp³-hybridized carbons (Fsp3) is 0.611. The maximum atomic E-state index is 11.2. The highest BCUT2D eigenvalue weighted by Crippen LogP contribution is 2.30. The van der Waals surface area contributed by atoms with E-state index in [0.717, 1.165) is 49.3 Å². The molecular formula is C18H25N3O2. The molecule has 1 fully saturated rings. The van der Waals surface area contributed by atoms with Crippen LogP contribution in [0.15, 0.2) is 18.3 Å². The van der Waals surface area contributed by atoms with Crippen LogP contribution in [0.2, 0.25) is 0 Å². The molecular weight excluding hydrogens is 290 g/mol. The molecule has 0 spiro atoms. The third-order valence-electron chi connectivity index (χ3n) is 4.59. The van der Waals surface area contributed by atoms with Gasteiger partial charge in [-0.2, -0.15) is 0 Å². The van der Waals surface area contributed by atoms with Gasteiger partial charge in [0.2, 0.25) is 0 Å². The minimum absolute atomic E-state index is 0.245. The number of ketones is 1. The van der Waals surface area contributed by atoms with Crippen molar-refractivity contribution in [2.24, 2.45) is 5.92 Å². The van der Waals surface area contributed by atoms with E-state index in [9.17, 15) is 4.79 Å². The molecule has 0 N–H and O–H groups in total. The monoisotopic (exact) mass is 315 g/mol. The Labute approximate surface area is 137 Å². The van der Waals surface area contributed by atoms with Crippen molar-refractivity contribution in [2.45, 2.75) is 64.9 Å². The molecule has 2 aromatic heterocycles. The van der Waals surface area contributed by atoms with Crippen molar-refractivity contribution in [3.63, 3.8) is 0 Å². The number of pyridine rings is 1. The molecule has 3 rings (SSSR count). The summed E-state index contributed by atoms with van der Waals surface area (Å²) in [7, 11) is 0. The molecule has 0 aliphatic heterocycles. The lowest BCUT2D eigenvalue weighted by Crippen LogP contribution is -2.25. The number of ether oxygens (including phenoxy) is 1. The number of aromatic nitrogens is 3. The minimum Gasteiger partial charge on any atom is -0.489 e. The first-order chi connectivity index (χ1) is 11.0. The Hall–Kier alpha value is -1.91. The highest BCUT2D eigenvalue weighted by Gasteiger charge is 2.23. The lowest BCUT2D eigenvalue weighted by Gasteiger charge is -2.28.